The molecule has 0 unspecified atom stereocenters. The molecule has 0 saturated carbocycles. The molecule has 0 aromatic rings. The first-order valence-corrected chi connectivity index (χ1v) is 8.53. The first kappa shape index (κ1) is 15.3. The van der Waals surface area contributed by atoms with Crippen LogP contribution in [0.1, 0.15) is 33.1 Å². The molecular formula is C14H30N2S. The number of thioether (sulfide) groups is 1. The maximum atomic E-state index is 3.60. The first-order valence-electron chi connectivity index (χ1n) is 7.14. The number of nitrogens with zero attached hydrogens (tertiary/aromatic N) is 1. The summed E-state index contributed by atoms with van der Waals surface area (Å²) in [7, 11) is 0. The molecule has 17 heavy (non-hydrogen) atoms. The molecule has 0 spiro atoms. The molecule has 0 amide bonds. The number of hydrogen-bond acceptors (Lipinski definition) is 3. The Morgan fingerprint density at radius 1 is 1.29 bits per heavy atom. The van der Waals surface area contributed by atoms with Crippen molar-refractivity contribution in [2.24, 2.45) is 11.8 Å². The summed E-state index contributed by atoms with van der Waals surface area (Å²) in [5.74, 6) is 3.02. The highest BCUT2D eigenvalue weighted by atomic mass is 32.2. The van der Waals surface area contributed by atoms with Gasteiger partial charge in [-0.3, -0.25) is 0 Å². The fourth-order valence-electron chi connectivity index (χ4n) is 2.42. The average Bonchev–Trinajstić information content (AvgIpc) is 2.31. The fraction of sp³-hybridized carbons (Fsp3) is 1.00. The molecule has 0 bridgehead atoms. The van der Waals surface area contributed by atoms with E-state index in [-0.39, 0.29) is 0 Å². The molecule has 1 heterocycles. The van der Waals surface area contributed by atoms with Gasteiger partial charge in [-0.1, -0.05) is 13.8 Å². The van der Waals surface area contributed by atoms with Crippen molar-refractivity contribution in [3.05, 3.63) is 0 Å². The third kappa shape index (κ3) is 7.32. The molecule has 1 aliphatic heterocycles. The van der Waals surface area contributed by atoms with Crippen LogP contribution in [-0.2, 0) is 0 Å². The summed E-state index contributed by atoms with van der Waals surface area (Å²) in [4.78, 5) is 2.65. The molecule has 0 aromatic heterocycles. The van der Waals surface area contributed by atoms with Gasteiger partial charge in [0.05, 0.1) is 0 Å². The van der Waals surface area contributed by atoms with Crippen molar-refractivity contribution in [3.63, 3.8) is 0 Å². The highest BCUT2D eigenvalue weighted by molar-refractivity contribution is 7.98. The van der Waals surface area contributed by atoms with Gasteiger partial charge in [-0.25, -0.2) is 0 Å². The molecule has 1 rings (SSSR count). The molecule has 1 aliphatic rings. The Morgan fingerprint density at radius 3 is 2.59 bits per heavy atom. The standard InChI is InChI=1S/C14H30N2S/c1-13(2)11-15-12-14-5-8-16(9-6-14)7-4-10-17-3/h13-15H,4-12H2,1-3H3. The fourth-order valence-corrected chi connectivity index (χ4v) is 2.84. The number of piperidine rings is 1. The summed E-state index contributed by atoms with van der Waals surface area (Å²) in [5, 5.41) is 3.60. The van der Waals surface area contributed by atoms with Gasteiger partial charge >= 0.3 is 0 Å². The topological polar surface area (TPSA) is 15.3 Å². The second-order valence-corrected chi connectivity index (χ2v) is 6.67. The van der Waals surface area contributed by atoms with E-state index < -0.39 is 0 Å². The molecule has 0 aromatic carbocycles. The van der Waals surface area contributed by atoms with Gasteiger partial charge in [0.1, 0.15) is 0 Å². The number of rotatable bonds is 8. The lowest BCUT2D eigenvalue weighted by atomic mass is 9.96. The maximum Gasteiger partial charge on any atom is -0.00109 e. The van der Waals surface area contributed by atoms with Crippen LogP contribution in [0, 0.1) is 11.8 Å². The Kier molecular flexibility index (Phi) is 8.33. The van der Waals surface area contributed by atoms with Crippen molar-refractivity contribution in [1.29, 1.82) is 0 Å². The van der Waals surface area contributed by atoms with Crippen molar-refractivity contribution in [2.75, 3.05) is 44.7 Å². The van der Waals surface area contributed by atoms with Crippen molar-refractivity contribution in [3.8, 4) is 0 Å². The minimum atomic E-state index is 0.779. The van der Waals surface area contributed by atoms with Crippen LogP contribution in [0.4, 0.5) is 0 Å². The van der Waals surface area contributed by atoms with Gasteiger partial charge in [0.25, 0.3) is 0 Å². The van der Waals surface area contributed by atoms with E-state index in [0.717, 1.165) is 11.8 Å². The first-order chi connectivity index (χ1) is 8.22. The molecule has 1 N–H and O–H groups in total. The SMILES string of the molecule is CSCCCN1CCC(CNCC(C)C)CC1. The van der Waals surface area contributed by atoms with E-state index in [0.29, 0.717) is 0 Å². The number of likely N-dealkylation sites (tertiary alicyclic amines) is 1. The van der Waals surface area contributed by atoms with Gasteiger partial charge in [0, 0.05) is 0 Å². The molecular weight excluding hydrogens is 228 g/mol. The van der Waals surface area contributed by atoms with Gasteiger partial charge in [-0.05, 0) is 75.8 Å². The molecule has 1 saturated heterocycles. The normalized spacial score (nSPS) is 19.1. The van der Waals surface area contributed by atoms with Gasteiger partial charge < -0.3 is 10.2 Å². The average molecular weight is 258 g/mol. The van der Waals surface area contributed by atoms with Crippen LogP contribution in [0.25, 0.3) is 0 Å². The highest BCUT2D eigenvalue weighted by Crippen LogP contribution is 2.16. The van der Waals surface area contributed by atoms with Crippen LogP contribution in [0.15, 0.2) is 0 Å². The molecule has 0 radical (unpaired) electrons. The quantitative estimate of drug-likeness (QED) is 0.674. The molecule has 1 fully saturated rings. The third-order valence-corrected chi connectivity index (χ3v) is 4.21. The smallest absolute Gasteiger partial charge is 0.00109 e. The largest absolute Gasteiger partial charge is 0.316 e. The lowest BCUT2D eigenvalue weighted by molar-refractivity contribution is 0.182. The van der Waals surface area contributed by atoms with Crippen LogP contribution in [-0.4, -0.2) is 49.6 Å². The molecule has 102 valence electrons. The van der Waals surface area contributed by atoms with E-state index >= 15 is 0 Å². The summed E-state index contributed by atoms with van der Waals surface area (Å²) in [5.41, 5.74) is 0. The minimum absolute atomic E-state index is 0.779. The molecule has 2 nitrogen and oxygen atoms in total. The van der Waals surface area contributed by atoms with Crippen LogP contribution in [0.5, 0.6) is 0 Å². The molecule has 0 atom stereocenters. The second kappa shape index (κ2) is 9.23. The Labute approximate surface area is 112 Å². The van der Waals surface area contributed by atoms with E-state index in [2.05, 4.69) is 30.3 Å². The van der Waals surface area contributed by atoms with Gasteiger partial charge in [-0.2, -0.15) is 11.8 Å². The Bertz CT molecular complexity index is 177. The summed E-state index contributed by atoms with van der Waals surface area (Å²) < 4.78 is 0. The van der Waals surface area contributed by atoms with Crippen LogP contribution in [0.2, 0.25) is 0 Å². The van der Waals surface area contributed by atoms with Crippen molar-refractivity contribution in [1.82, 2.24) is 10.2 Å². The van der Waals surface area contributed by atoms with E-state index in [1.807, 2.05) is 11.8 Å². The Hall–Kier alpha value is 0.270. The second-order valence-electron chi connectivity index (χ2n) is 5.68. The molecule has 3 heteroatoms. The monoisotopic (exact) mass is 258 g/mol. The zero-order chi connectivity index (χ0) is 12.5. The third-order valence-electron chi connectivity index (χ3n) is 3.52. The lowest BCUT2D eigenvalue weighted by Crippen LogP contribution is -2.38. The van der Waals surface area contributed by atoms with Crippen molar-refractivity contribution in [2.45, 2.75) is 33.1 Å². The van der Waals surface area contributed by atoms with E-state index in [1.54, 1.807) is 0 Å². The van der Waals surface area contributed by atoms with E-state index in [4.69, 9.17) is 0 Å². The van der Waals surface area contributed by atoms with E-state index in [9.17, 15) is 0 Å². The van der Waals surface area contributed by atoms with Crippen LogP contribution >= 0.6 is 11.8 Å². The highest BCUT2D eigenvalue weighted by Gasteiger charge is 2.18. The predicted molar refractivity (Wildman–Crippen MR) is 79.9 cm³/mol. The van der Waals surface area contributed by atoms with Gasteiger partial charge in [-0.15, -0.1) is 0 Å². The Balaban J connectivity index is 2.01. The van der Waals surface area contributed by atoms with Crippen molar-refractivity contribution >= 4 is 11.8 Å². The predicted octanol–water partition coefficient (Wildman–Crippen LogP) is 2.70. The lowest BCUT2D eigenvalue weighted by Gasteiger charge is -2.32. The zero-order valence-electron chi connectivity index (χ0n) is 11.9. The minimum Gasteiger partial charge on any atom is -0.316 e. The summed E-state index contributed by atoms with van der Waals surface area (Å²) in [6.07, 6.45) is 6.35. The van der Waals surface area contributed by atoms with Gasteiger partial charge in [0.2, 0.25) is 0 Å². The summed E-state index contributed by atoms with van der Waals surface area (Å²) in [6.45, 7) is 10.9. The Morgan fingerprint density at radius 2 is 2.00 bits per heavy atom. The van der Waals surface area contributed by atoms with E-state index in [1.165, 1.54) is 57.7 Å². The maximum absolute atomic E-state index is 3.60. The van der Waals surface area contributed by atoms with Crippen LogP contribution < -0.4 is 5.32 Å². The summed E-state index contributed by atoms with van der Waals surface area (Å²) >= 11 is 1.97. The van der Waals surface area contributed by atoms with Gasteiger partial charge in [0.15, 0.2) is 0 Å². The number of nitrogens with one attached hydrogen (secondary N) is 1. The van der Waals surface area contributed by atoms with Crippen molar-refractivity contribution < 1.29 is 0 Å². The van der Waals surface area contributed by atoms with Crippen LogP contribution in [0.3, 0.4) is 0 Å². The molecule has 0 aliphatic carbocycles. The zero-order valence-corrected chi connectivity index (χ0v) is 12.7. The number of hydrogen-bond donors (Lipinski definition) is 1. The summed E-state index contributed by atoms with van der Waals surface area (Å²) in [6, 6.07) is 0.